The van der Waals surface area contributed by atoms with Crippen LogP contribution in [0.15, 0.2) is 66.9 Å². The molecule has 0 amide bonds. The van der Waals surface area contributed by atoms with Crippen molar-refractivity contribution in [2.24, 2.45) is 23.3 Å². The van der Waals surface area contributed by atoms with Crippen molar-refractivity contribution >= 4 is 16.6 Å². The Morgan fingerprint density at radius 2 is 1.49 bits per heavy atom. The van der Waals surface area contributed by atoms with E-state index >= 15 is 0 Å². The molecule has 6 nitrogen and oxygen atoms in total. The summed E-state index contributed by atoms with van der Waals surface area (Å²) in [7, 11) is 0. The minimum absolute atomic E-state index is 0.241. The summed E-state index contributed by atoms with van der Waals surface area (Å²) in [6.07, 6.45) is 11.2. The predicted molar refractivity (Wildman–Crippen MR) is 203 cm³/mol. The summed E-state index contributed by atoms with van der Waals surface area (Å²) < 4.78 is 0. The number of hydrogen-bond acceptors (Lipinski definition) is 6. The number of likely N-dealkylation sites (tertiary alicyclic amines) is 1. The van der Waals surface area contributed by atoms with Crippen molar-refractivity contribution in [2.75, 3.05) is 13.1 Å². The molecule has 2 aromatic carbocycles. The van der Waals surface area contributed by atoms with E-state index in [1.54, 1.807) is 0 Å². The van der Waals surface area contributed by atoms with Gasteiger partial charge in [-0.05, 0) is 75.8 Å². The highest BCUT2D eigenvalue weighted by Crippen LogP contribution is 2.19. The van der Waals surface area contributed by atoms with Crippen molar-refractivity contribution in [1.29, 1.82) is 0 Å². The third-order valence-corrected chi connectivity index (χ3v) is 8.63. The van der Waals surface area contributed by atoms with Gasteiger partial charge in [-0.3, -0.25) is 14.7 Å². The van der Waals surface area contributed by atoms with E-state index < -0.39 is 0 Å². The zero-order valence-electron chi connectivity index (χ0n) is 30.9. The number of carbonyl (C=O) groups is 1. The van der Waals surface area contributed by atoms with Crippen LogP contribution in [0.3, 0.4) is 0 Å². The van der Waals surface area contributed by atoms with Crippen LogP contribution < -0.4 is 16.8 Å². The molecule has 0 spiro atoms. The number of pyridine rings is 1. The number of nitrogens with zero attached hydrogens (tertiary/aromatic N) is 2. The maximum Gasteiger partial charge on any atom is 0.163 e. The number of nitrogens with two attached hydrogens (primary N) is 2. The molecule has 1 aliphatic carbocycles. The van der Waals surface area contributed by atoms with E-state index in [1.165, 1.54) is 61.5 Å². The van der Waals surface area contributed by atoms with E-state index in [0.29, 0.717) is 48.5 Å². The summed E-state index contributed by atoms with van der Waals surface area (Å²) in [5, 5.41) is 6.09. The average Bonchev–Trinajstić information content (AvgIpc) is 3.03. The quantitative estimate of drug-likeness (QED) is 0.213. The van der Waals surface area contributed by atoms with Gasteiger partial charge in [0.2, 0.25) is 0 Å². The first kappa shape index (κ1) is 40.5. The van der Waals surface area contributed by atoms with Crippen molar-refractivity contribution in [3.8, 4) is 0 Å². The number of Topliss-reactive ketones (excluding diaryl/α,β-unsaturated/α-hetero) is 1. The average molecular weight is 646 g/mol. The second kappa shape index (κ2) is 22.1. The molecule has 1 saturated heterocycles. The summed E-state index contributed by atoms with van der Waals surface area (Å²) in [6.45, 7) is 19.7. The van der Waals surface area contributed by atoms with Crippen LogP contribution >= 0.6 is 0 Å². The Morgan fingerprint density at radius 1 is 0.830 bits per heavy atom. The lowest BCUT2D eigenvalue weighted by Gasteiger charge is -2.33. The largest absolute Gasteiger partial charge is 0.327 e. The second-order valence-corrected chi connectivity index (χ2v) is 14.8. The Labute approximate surface area is 287 Å². The van der Waals surface area contributed by atoms with Crippen LogP contribution in [0.25, 0.3) is 10.8 Å². The molecule has 1 saturated carbocycles. The highest BCUT2D eigenvalue weighted by molar-refractivity contribution is 5.96. The summed E-state index contributed by atoms with van der Waals surface area (Å²) in [5.74, 6) is 1.34. The van der Waals surface area contributed by atoms with Gasteiger partial charge in [-0.2, -0.15) is 0 Å². The number of rotatable bonds is 8. The summed E-state index contributed by atoms with van der Waals surface area (Å²) >= 11 is 0. The van der Waals surface area contributed by atoms with E-state index in [4.69, 9.17) is 11.5 Å². The lowest BCUT2D eigenvalue weighted by molar-refractivity contribution is 0.0968. The van der Waals surface area contributed by atoms with Gasteiger partial charge in [-0.1, -0.05) is 109 Å². The fourth-order valence-electron chi connectivity index (χ4n) is 6.15. The first-order chi connectivity index (χ1) is 22.4. The Balaban J connectivity index is 0.000000220. The molecule has 47 heavy (non-hydrogen) atoms. The monoisotopic (exact) mass is 646 g/mol. The minimum atomic E-state index is 0.241. The molecular formula is C41H67N5O. The number of hydrogen-bond donors (Lipinski definition) is 3. The van der Waals surface area contributed by atoms with Gasteiger partial charge in [0.25, 0.3) is 0 Å². The van der Waals surface area contributed by atoms with Crippen molar-refractivity contribution < 1.29 is 4.79 Å². The first-order valence-electron chi connectivity index (χ1n) is 18.3. The zero-order chi connectivity index (χ0) is 34.8. The molecule has 1 aromatic heterocycles. The fourth-order valence-corrected chi connectivity index (χ4v) is 6.15. The summed E-state index contributed by atoms with van der Waals surface area (Å²) in [5.41, 5.74) is 13.8. The third-order valence-electron chi connectivity index (χ3n) is 8.63. The molecule has 5 rings (SSSR count). The molecule has 3 atom stereocenters. The van der Waals surface area contributed by atoms with Crippen LogP contribution in [0.5, 0.6) is 0 Å². The molecule has 2 aliphatic rings. The minimum Gasteiger partial charge on any atom is -0.327 e. The van der Waals surface area contributed by atoms with E-state index in [-0.39, 0.29) is 5.78 Å². The standard InChI is InChI=1S/C13H15N.C11H14O.C9H20N2.C8H18N2/c1-10(2)9-13-12-6-4-3-5-11(12)7-8-14-13;1-9(2)8-11(12)10-6-4-3-5-7-10;1-7(2)11-9-6-4-3-5-8(9)10;1-7(2)10-5-3-4-8(9)6-10/h3-8,10H,9H2,1-2H3;3-7,9H,8H2,1-2H3;7-9,11H,3-6,10H2,1-2H3;7-8H,3-6,9H2,1-2H3. The topological polar surface area (TPSA) is 97.3 Å². The number of carbonyl (C=O) groups excluding carboxylic acids is 1. The smallest absolute Gasteiger partial charge is 0.163 e. The van der Waals surface area contributed by atoms with Crippen LogP contribution in [0.4, 0.5) is 0 Å². The van der Waals surface area contributed by atoms with Crippen LogP contribution in [-0.4, -0.2) is 59.0 Å². The molecule has 262 valence electrons. The summed E-state index contributed by atoms with van der Waals surface area (Å²) in [6, 6.07) is 22.6. The molecule has 2 heterocycles. The van der Waals surface area contributed by atoms with Crippen LogP contribution in [0.1, 0.15) is 116 Å². The normalized spacial score (nSPS) is 19.8. The van der Waals surface area contributed by atoms with E-state index in [0.717, 1.165) is 18.5 Å². The molecule has 3 unspecified atom stereocenters. The maximum atomic E-state index is 11.5. The van der Waals surface area contributed by atoms with E-state index in [9.17, 15) is 4.79 Å². The third kappa shape index (κ3) is 16.3. The Bertz CT molecular complexity index is 1250. The second-order valence-electron chi connectivity index (χ2n) is 14.8. The fraction of sp³-hybridized carbons (Fsp3) is 0.610. The van der Waals surface area contributed by atoms with Crippen LogP contribution in [0.2, 0.25) is 0 Å². The number of piperidine rings is 1. The van der Waals surface area contributed by atoms with E-state index in [2.05, 4.69) is 101 Å². The highest BCUT2D eigenvalue weighted by atomic mass is 16.1. The van der Waals surface area contributed by atoms with E-state index in [1.807, 2.05) is 36.5 Å². The molecule has 1 aliphatic heterocycles. The number of ketones is 1. The Hall–Kier alpha value is -2.64. The van der Waals surface area contributed by atoms with Crippen molar-refractivity contribution in [2.45, 2.75) is 137 Å². The Morgan fingerprint density at radius 3 is 2.06 bits per heavy atom. The SMILES string of the molecule is CC(C)CC(=O)c1ccccc1.CC(C)Cc1nccc2ccccc12.CC(C)N1CCCC(N)C1.CC(C)NC1CCCCC1N. The number of nitrogens with one attached hydrogen (secondary N) is 1. The molecule has 6 heteroatoms. The van der Waals surface area contributed by atoms with Gasteiger partial charge in [0.15, 0.2) is 5.78 Å². The first-order valence-corrected chi connectivity index (χ1v) is 18.3. The maximum absolute atomic E-state index is 11.5. The van der Waals surface area contributed by atoms with Crippen molar-refractivity contribution in [3.63, 3.8) is 0 Å². The molecule has 5 N–H and O–H groups in total. The molecular weight excluding hydrogens is 578 g/mol. The van der Waals surface area contributed by atoms with Crippen LogP contribution in [0, 0.1) is 11.8 Å². The summed E-state index contributed by atoms with van der Waals surface area (Å²) in [4.78, 5) is 18.4. The van der Waals surface area contributed by atoms with Gasteiger partial charge in [0.05, 0.1) is 0 Å². The molecule has 3 aromatic rings. The number of fused-ring (bicyclic) bond motifs is 1. The molecule has 2 fully saturated rings. The van der Waals surface area contributed by atoms with Gasteiger partial charge in [0.1, 0.15) is 0 Å². The van der Waals surface area contributed by atoms with Gasteiger partial charge in [-0.15, -0.1) is 0 Å². The lowest BCUT2D eigenvalue weighted by Crippen LogP contribution is -2.49. The Kier molecular flexibility index (Phi) is 19.0. The van der Waals surface area contributed by atoms with Crippen molar-refractivity contribution in [1.82, 2.24) is 15.2 Å². The van der Waals surface area contributed by atoms with Gasteiger partial charge >= 0.3 is 0 Å². The zero-order valence-corrected chi connectivity index (χ0v) is 30.9. The van der Waals surface area contributed by atoms with Gasteiger partial charge in [0, 0.05) is 66.0 Å². The number of aromatic nitrogens is 1. The molecule has 0 radical (unpaired) electrons. The van der Waals surface area contributed by atoms with Crippen molar-refractivity contribution in [3.05, 3.63) is 78.1 Å². The lowest BCUT2D eigenvalue weighted by atomic mass is 9.90. The van der Waals surface area contributed by atoms with Gasteiger partial charge in [-0.25, -0.2) is 0 Å². The predicted octanol–water partition coefficient (Wildman–Crippen LogP) is 8.42. The van der Waals surface area contributed by atoms with Gasteiger partial charge < -0.3 is 16.8 Å². The number of benzene rings is 2. The highest BCUT2D eigenvalue weighted by Gasteiger charge is 2.21. The molecule has 0 bridgehead atoms. The van der Waals surface area contributed by atoms with Crippen LogP contribution in [-0.2, 0) is 6.42 Å².